The zero-order valence-electron chi connectivity index (χ0n) is 10.9. The Kier molecular flexibility index (Phi) is 3.57. The smallest absolute Gasteiger partial charge is 0.342 e. The Morgan fingerprint density at radius 2 is 2.16 bits per heavy atom. The standard InChI is InChI=1S/C12H17N3O4/c1-7-5-14(2)4-3-9(7)15-6-8(11(17)18)10(16)13-12(15)19/h6-7,9H,3-5H2,1-2H3,(H,17,18)(H,13,16,19). The predicted octanol–water partition coefficient (Wildman–Crippen LogP) is -0.252. The quantitative estimate of drug-likeness (QED) is 0.770. The molecule has 2 rings (SSSR count). The number of carboxylic acids is 1. The van der Waals surface area contributed by atoms with E-state index in [9.17, 15) is 14.4 Å². The number of aromatic carboxylic acids is 1. The van der Waals surface area contributed by atoms with Crippen molar-refractivity contribution in [3.63, 3.8) is 0 Å². The lowest BCUT2D eigenvalue weighted by Gasteiger charge is -2.35. The van der Waals surface area contributed by atoms with Gasteiger partial charge in [0.2, 0.25) is 0 Å². The molecule has 7 heteroatoms. The molecule has 1 saturated heterocycles. The van der Waals surface area contributed by atoms with Gasteiger partial charge < -0.3 is 10.0 Å². The molecule has 1 fully saturated rings. The lowest BCUT2D eigenvalue weighted by Crippen LogP contribution is -2.43. The zero-order chi connectivity index (χ0) is 14.2. The zero-order valence-corrected chi connectivity index (χ0v) is 10.9. The summed E-state index contributed by atoms with van der Waals surface area (Å²) in [6, 6.07) is -0.0846. The Labute approximate surface area is 109 Å². The minimum atomic E-state index is -1.32. The number of aromatic nitrogens is 2. The topological polar surface area (TPSA) is 95.4 Å². The van der Waals surface area contributed by atoms with E-state index in [4.69, 9.17) is 5.11 Å². The highest BCUT2D eigenvalue weighted by molar-refractivity contribution is 5.86. The lowest BCUT2D eigenvalue weighted by molar-refractivity contribution is 0.0692. The minimum Gasteiger partial charge on any atom is -0.477 e. The third-order valence-corrected chi connectivity index (χ3v) is 3.62. The highest BCUT2D eigenvalue weighted by Gasteiger charge is 2.27. The van der Waals surface area contributed by atoms with Crippen LogP contribution in [0.2, 0.25) is 0 Å². The first-order valence-electron chi connectivity index (χ1n) is 6.17. The second-order valence-corrected chi connectivity index (χ2v) is 5.11. The van der Waals surface area contributed by atoms with E-state index >= 15 is 0 Å². The highest BCUT2D eigenvalue weighted by Crippen LogP contribution is 2.25. The minimum absolute atomic E-state index is 0.0846. The van der Waals surface area contributed by atoms with E-state index in [0.717, 1.165) is 25.7 Å². The van der Waals surface area contributed by atoms with Gasteiger partial charge in [0.25, 0.3) is 5.56 Å². The fraction of sp³-hybridized carbons (Fsp3) is 0.583. The molecule has 2 heterocycles. The number of nitrogens with one attached hydrogen (secondary N) is 1. The Bertz CT molecular complexity index is 604. The number of carbonyl (C=O) groups is 1. The molecule has 0 aromatic carbocycles. The predicted molar refractivity (Wildman–Crippen MR) is 68.6 cm³/mol. The molecule has 19 heavy (non-hydrogen) atoms. The number of carboxylic acid groups (broad SMARTS) is 1. The van der Waals surface area contributed by atoms with E-state index in [0.29, 0.717) is 0 Å². The number of piperidine rings is 1. The molecule has 0 spiro atoms. The van der Waals surface area contributed by atoms with Gasteiger partial charge in [0.15, 0.2) is 0 Å². The van der Waals surface area contributed by atoms with E-state index in [1.54, 1.807) is 0 Å². The molecule has 0 radical (unpaired) electrons. The molecule has 0 saturated carbocycles. The number of aromatic amines is 1. The van der Waals surface area contributed by atoms with Gasteiger partial charge in [-0.2, -0.15) is 0 Å². The van der Waals surface area contributed by atoms with Gasteiger partial charge in [0.05, 0.1) is 0 Å². The van der Waals surface area contributed by atoms with Crippen LogP contribution in [0.5, 0.6) is 0 Å². The normalized spacial score (nSPS) is 24.3. The maximum atomic E-state index is 11.8. The van der Waals surface area contributed by atoms with E-state index < -0.39 is 22.8 Å². The number of hydrogen-bond acceptors (Lipinski definition) is 4. The summed E-state index contributed by atoms with van der Waals surface area (Å²) in [6.07, 6.45) is 1.92. The van der Waals surface area contributed by atoms with Gasteiger partial charge in [-0.05, 0) is 25.9 Å². The fourth-order valence-electron chi connectivity index (χ4n) is 2.64. The van der Waals surface area contributed by atoms with Crippen LogP contribution in [0.1, 0.15) is 29.7 Å². The van der Waals surface area contributed by atoms with Crippen LogP contribution in [-0.2, 0) is 0 Å². The van der Waals surface area contributed by atoms with Gasteiger partial charge in [-0.3, -0.25) is 14.3 Å². The number of nitrogens with zero attached hydrogens (tertiary/aromatic N) is 2. The molecule has 1 aromatic rings. The van der Waals surface area contributed by atoms with Gasteiger partial charge >= 0.3 is 11.7 Å². The van der Waals surface area contributed by atoms with Crippen LogP contribution in [-0.4, -0.2) is 45.7 Å². The van der Waals surface area contributed by atoms with Crippen LogP contribution in [0.4, 0.5) is 0 Å². The maximum Gasteiger partial charge on any atom is 0.342 e. The molecule has 0 amide bonds. The van der Waals surface area contributed by atoms with Crippen molar-refractivity contribution in [1.82, 2.24) is 14.5 Å². The second-order valence-electron chi connectivity index (χ2n) is 5.11. The van der Waals surface area contributed by atoms with E-state index in [1.807, 2.05) is 14.0 Å². The van der Waals surface area contributed by atoms with Gasteiger partial charge in [-0.15, -0.1) is 0 Å². The van der Waals surface area contributed by atoms with Crippen molar-refractivity contribution < 1.29 is 9.90 Å². The van der Waals surface area contributed by atoms with Crippen LogP contribution >= 0.6 is 0 Å². The molecule has 104 valence electrons. The third-order valence-electron chi connectivity index (χ3n) is 3.62. The summed E-state index contributed by atoms with van der Waals surface area (Å²) in [5, 5.41) is 8.94. The van der Waals surface area contributed by atoms with Crippen molar-refractivity contribution in [2.45, 2.75) is 19.4 Å². The fourth-order valence-corrected chi connectivity index (χ4v) is 2.64. The van der Waals surface area contributed by atoms with Crippen molar-refractivity contribution in [2.75, 3.05) is 20.1 Å². The highest BCUT2D eigenvalue weighted by atomic mass is 16.4. The molecule has 1 aliphatic heterocycles. The third kappa shape index (κ3) is 2.60. The Balaban J connectivity index is 2.45. The molecule has 1 aromatic heterocycles. The van der Waals surface area contributed by atoms with Crippen molar-refractivity contribution in [2.24, 2.45) is 5.92 Å². The Morgan fingerprint density at radius 3 is 2.74 bits per heavy atom. The van der Waals surface area contributed by atoms with Crippen LogP contribution in [0, 0.1) is 5.92 Å². The number of rotatable bonds is 2. The lowest BCUT2D eigenvalue weighted by atomic mass is 9.94. The Morgan fingerprint density at radius 1 is 1.47 bits per heavy atom. The Hall–Kier alpha value is -1.89. The van der Waals surface area contributed by atoms with Gasteiger partial charge in [-0.25, -0.2) is 9.59 Å². The first-order valence-corrected chi connectivity index (χ1v) is 6.17. The molecule has 2 unspecified atom stereocenters. The molecule has 0 bridgehead atoms. The van der Waals surface area contributed by atoms with Crippen LogP contribution in [0.3, 0.4) is 0 Å². The summed E-state index contributed by atoms with van der Waals surface area (Å²) in [4.78, 5) is 38.4. The number of H-pyrrole nitrogens is 1. The van der Waals surface area contributed by atoms with Crippen LogP contribution in [0.25, 0.3) is 0 Å². The molecule has 1 aliphatic rings. The van der Waals surface area contributed by atoms with Gasteiger partial charge in [-0.1, -0.05) is 6.92 Å². The first-order chi connectivity index (χ1) is 8.90. The molecule has 0 aliphatic carbocycles. The van der Waals surface area contributed by atoms with Crippen LogP contribution in [0.15, 0.2) is 15.8 Å². The number of likely N-dealkylation sites (tertiary alicyclic amines) is 1. The van der Waals surface area contributed by atoms with Crippen molar-refractivity contribution in [1.29, 1.82) is 0 Å². The molecular formula is C12H17N3O4. The summed E-state index contributed by atoms with van der Waals surface area (Å²) in [7, 11) is 2.00. The summed E-state index contributed by atoms with van der Waals surface area (Å²) in [5.41, 5.74) is -1.79. The number of hydrogen-bond donors (Lipinski definition) is 2. The van der Waals surface area contributed by atoms with Crippen molar-refractivity contribution in [3.8, 4) is 0 Å². The van der Waals surface area contributed by atoms with Gasteiger partial charge in [0.1, 0.15) is 5.56 Å². The summed E-state index contributed by atoms with van der Waals surface area (Å²) >= 11 is 0. The average molecular weight is 267 g/mol. The van der Waals surface area contributed by atoms with Gasteiger partial charge in [0, 0.05) is 18.8 Å². The first kappa shape index (κ1) is 13.5. The summed E-state index contributed by atoms with van der Waals surface area (Å²) < 4.78 is 1.35. The molecule has 7 nitrogen and oxygen atoms in total. The van der Waals surface area contributed by atoms with Crippen molar-refractivity contribution >= 4 is 5.97 Å². The van der Waals surface area contributed by atoms with E-state index in [-0.39, 0.29) is 12.0 Å². The second kappa shape index (κ2) is 5.00. The molecular weight excluding hydrogens is 250 g/mol. The average Bonchev–Trinajstić information content (AvgIpc) is 2.30. The largest absolute Gasteiger partial charge is 0.477 e. The maximum absolute atomic E-state index is 11.8. The monoisotopic (exact) mass is 267 g/mol. The van der Waals surface area contributed by atoms with Crippen molar-refractivity contribution in [3.05, 3.63) is 32.6 Å². The van der Waals surface area contributed by atoms with E-state index in [2.05, 4.69) is 9.88 Å². The SMILES string of the molecule is CC1CN(C)CCC1n1cc(C(=O)O)c(=O)[nH]c1=O. The molecule has 2 atom stereocenters. The van der Waals surface area contributed by atoms with Crippen LogP contribution < -0.4 is 11.2 Å². The summed E-state index contributed by atoms with van der Waals surface area (Å²) in [6.45, 7) is 3.68. The molecule has 2 N–H and O–H groups in total. The summed E-state index contributed by atoms with van der Waals surface area (Å²) in [5.74, 6) is -1.11. The van der Waals surface area contributed by atoms with E-state index in [1.165, 1.54) is 4.57 Å².